The fraction of sp³-hybridized carbons (Fsp3) is 0.909. The van der Waals surface area contributed by atoms with Gasteiger partial charge in [-0.1, -0.05) is 20.8 Å². The lowest BCUT2D eigenvalue weighted by Gasteiger charge is -2.37. The van der Waals surface area contributed by atoms with Crippen LogP contribution in [0.3, 0.4) is 0 Å². The summed E-state index contributed by atoms with van der Waals surface area (Å²) in [5.41, 5.74) is 0.706. The first-order chi connectivity index (χ1) is 5.52. The minimum atomic E-state index is 0.305. The van der Waals surface area contributed by atoms with E-state index >= 15 is 0 Å². The van der Waals surface area contributed by atoms with Crippen LogP contribution in [0.2, 0.25) is 0 Å². The molecule has 2 bridgehead atoms. The number of hydrogen-bond acceptors (Lipinski definition) is 1. The Morgan fingerprint density at radius 2 is 2.00 bits per heavy atom. The second kappa shape index (κ2) is 2.12. The molecule has 0 N–H and O–H groups in total. The van der Waals surface area contributed by atoms with Gasteiger partial charge < -0.3 is 4.79 Å². The highest BCUT2D eigenvalue weighted by Gasteiger charge is 2.60. The molecule has 0 aromatic heterocycles. The summed E-state index contributed by atoms with van der Waals surface area (Å²) in [7, 11) is 0. The van der Waals surface area contributed by atoms with Crippen LogP contribution in [-0.2, 0) is 4.79 Å². The molecule has 12 heavy (non-hydrogen) atoms. The van der Waals surface area contributed by atoms with Crippen LogP contribution in [0.4, 0.5) is 0 Å². The molecule has 0 amide bonds. The van der Waals surface area contributed by atoms with Crippen molar-refractivity contribution in [2.24, 2.45) is 22.7 Å². The van der Waals surface area contributed by atoms with Crippen LogP contribution in [0, 0.1) is 22.7 Å². The van der Waals surface area contributed by atoms with Gasteiger partial charge in [-0.3, -0.25) is 0 Å². The van der Waals surface area contributed by atoms with E-state index in [0.29, 0.717) is 16.7 Å². The summed E-state index contributed by atoms with van der Waals surface area (Å²) in [5, 5.41) is 0. The lowest BCUT2D eigenvalue weighted by molar-refractivity contribution is -0.115. The zero-order chi connectivity index (χ0) is 8.98. The third kappa shape index (κ3) is 0.681. The van der Waals surface area contributed by atoms with E-state index in [1.807, 2.05) is 0 Å². The average Bonchev–Trinajstić information content (AvgIpc) is 2.34. The van der Waals surface area contributed by atoms with Crippen molar-refractivity contribution in [2.45, 2.75) is 40.0 Å². The van der Waals surface area contributed by atoms with Gasteiger partial charge in [-0.05, 0) is 36.0 Å². The van der Waals surface area contributed by atoms with Crippen molar-refractivity contribution in [3.05, 3.63) is 0 Å². The Labute approximate surface area is 74.5 Å². The molecule has 0 aromatic carbocycles. The van der Waals surface area contributed by atoms with E-state index in [9.17, 15) is 4.79 Å². The van der Waals surface area contributed by atoms with Crippen LogP contribution in [0.25, 0.3) is 0 Å². The van der Waals surface area contributed by atoms with E-state index in [1.54, 1.807) is 0 Å². The second-order valence-electron chi connectivity index (χ2n) is 5.35. The lowest BCUT2D eigenvalue weighted by Crippen LogP contribution is -2.32. The largest absolute Gasteiger partial charge is 0.303 e. The fourth-order valence-corrected chi connectivity index (χ4v) is 3.47. The molecule has 0 aromatic rings. The lowest BCUT2D eigenvalue weighted by atomic mass is 9.67. The zero-order valence-corrected chi connectivity index (χ0v) is 8.26. The maximum atomic E-state index is 10.9. The van der Waals surface area contributed by atoms with Crippen LogP contribution < -0.4 is 0 Å². The van der Waals surface area contributed by atoms with Crippen molar-refractivity contribution < 1.29 is 4.79 Å². The minimum absolute atomic E-state index is 0.305. The Morgan fingerprint density at radius 1 is 1.33 bits per heavy atom. The summed E-state index contributed by atoms with van der Waals surface area (Å²) < 4.78 is 0. The Balaban J connectivity index is 2.39. The Hall–Kier alpha value is -0.330. The quantitative estimate of drug-likeness (QED) is 0.547. The predicted molar refractivity (Wildman–Crippen MR) is 48.8 cm³/mol. The smallest absolute Gasteiger partial charge is 0.123 e. The third-order valence-electron chi connectivity index (χ3n) is 5.03. The van der Waals surface area contributed by atoms with Crippen molar-refractivity contribution in [2.75, 3.05) is 0 Å². The molecule has 2 aliphatic rings. The van der Waals surface area contributed by atoms with E-state index in [0.717, 1.165) is 12.3 Å². The van der Waals surface area contributed by atoms with Crippen molar-refractivity contribution in [1.82, 2.24) is 0 Å². The van der Waals surface area contributed by atoms with Gasteiger partial charge in [0.25, 0.3) is 0 Å². The van der Waals surface area contributed by atoms with Gasteiger partial charge in [0.05, 0.1) is 0 Å². The van der Waals surface area contributed by atoms with Crippen molar-refractivity contribution >= 4 is 6.29 Å². The fourth-order valence-electron chi connectivity index (χ4n) is 3.47. The molecule has 2 aliphatic carbocycles. The minimum Gasteiger partial charge on any atom is -0.303 e. The van der Waals surface area contributed by atoms with Gasteiger partial charge in [0.15, 0.2) is 0 Å². The van der Waals surface area contributed by atoms with Gasteiger partial charge in [-0.25, -0.2) is 0 Å². The molecule has 0 saturated heterocycles. The zero-order valence-electron chi connectivity index (χ0n) is 8.26. The van der Waals surface area contributed by atoms with Crippen LogP contribution in [0.1, 0.15) is 40.0 Å². The van der Waals surface area contributed by atoms with E-state index in [1.165, 1.54) is 19.1 Å². The highest BCUT2D eigenvalue weighted by molar-refractivity contribution is 5.57. The molecule has 2 rings (SSSR count). The summed E-state index contributed by atoms with van der Waals surface area (Å²) in [5.74, 6) is 1.14. The SMILES string of the molecule is CC1(C)[C@@H]2CC[C@@]1(C)[C@@H](C=O)C2. The van der Waals surface area contributed by atoms with Crippen LogP contribution in [0.5, 0.6) is 0 Å². The van der Waals surface area contributed by atoms with Gasteiger partial charge in [0, 0.05) is 5.92 Å². The highest BCUT2D eigenvalue weighted by Crippen LogP contribution is 2.67. The Morgan fingerprint density at radius 3 is 2.25 bits per heavy atom. The molecule has 0 heterocycles. The average molecular weight is 166 g/mol. The van der Waals surface area contributed by atoms with Crippen molar-refractivity contribution in [1.29, 1.82) is 0 Å². The molecule has 0 spiro atoms. The first-order valence-electron chi connectivity index (χ1n) is 4.97. The molecule has 1 nitrogen and oxygen atoms in total. The topological polar surface area (TPSA) is 17.1 Å². The first kappa shape index (κ1) is 8.28. The number of rotatable bonds is 1. The normalized spacial score (nSPS) is 49.6. The summed E-state index contributed by atoms with van der Waals surface area (Å²) in [4.78, 5) is 10.9. The van der Waals surface area contributed by atoms with Gasteiger partial charge in [0.2, 0.25) is 0 Å². The van der Waals surface area contributed by atoms with E-state index in [2.05, 4.69) is 20.8 Å². The molecule has 3 atom stereocenters. The molecule has 0 radical (unpaired) electrons. The van der Waals surface area contributed by atoms with E-state index < -0.39 is 0 Å². The van der Waals surface area contributed by atoms with Crippen LogP contribution in [-0.4, -0.2) is 6.29 Å². The summed E-state index contributed by atoms with van der Waals surface area (Å²) in [6.07, 6.45) is 4.94. The molecular formula is C11H18O. The van der Waals surface area contributed by atoms with Gasteiger partial charge in [-0.2, -0.15) is 0 Å². The van der Waals surface area contributed by atoms with Gasteiger partial charge in [-0.15, -0.1) is 0 Å². The van der Waals surface area contributed by atoms with E-state index in [-0.39, 0.29) is 0 Å². The maximum absolute atomic E-state index is 10.9. The Bertz CT molecular complexity index is 219. The number of carbonyl (C=O) groups excluding carboxylic acids is 1. The van der Waals surface area contributed by atoms with Gasteiger partial charge >= 0.3 is 0 Å². The molecule has 2 saturated carbocycles. The summed E-state index contributed by atoms with van der Waals surface area (Å²) in [6, 6.07) is 0. The summed E-state index contributed by atoms with van der Waals surface area (Å²) in [6.45, 7) is 6.99. The number of aldehydes is 1. The van der Waals surface area contributed by atoms with Crippen LogP contribution in [0.15, 0.2) is 0 Å². The third-order valence-corrected chi connectivity index (χ3v) is 5.03. The number of carbonyl (C=O) groups is 1. The molecule has 68 valence electrons. The standard InChI is InChI=1S/C11H18O/c1-10(2)8-4-5-11(10,3)9(6-8)7-12/h7-9H,4-6H2,1-3H3/t8-,9-,11+/m1/s1. The molecular weight excluding hydrogens is 148 g/mol. The second-order valence-corrected chi connectivity index (χ2v) is 5.35. The Kier molecular flexibility index (Phi) is 1.47. The monoisotopic (exact) mass is 166 g/mol. The predicted octanol–water partition coefficient (Wildman–Crippen LogP) is 2.65. The van der Waals surface area contributed by atoms with Crippen LogP contribution >= 0.6 is 0 Å². The van der Waals surface area contributed by atoms with E-state index in [4.69, 9.17) is 0 Å². The van der Waals surface area contributed by atoms with Crippen molar-refractivity contribution in [3.63, 3.8) is 0 Å². The van der Waals surface area contributed by atoms with Gasteiger partial charge in [0.1, 0.15) is 6.29 Å². The summed E-state index contributed by atoms with van der Waals surface area (Å²) >= 11 is 0. The molecule has 0 aliphatic heterocycles. The molecule has 1 heteroatoms. The number of fused-ring (bicyclic) bond motifs is 2. The maximum Gasteiger partial charge on any atom is 0.123 e. The highest BCUT2D eigenvalue weighted by atomic mass is 16.1. The molecule has 2 fully saturated rings. The first-order valence-corrected chi connectivity index (χ1v) is 4.97. The molecule has 0 unspecified atom stereocenters. The number of hydrogen-bond donors (Lipinski definition) is 0. The van der Waals surface area contributed by atoms with Crippen molar-refractivity contribution in [3.8, 4) is 0 Å².